The van der Waals surface area contributed by atoms with Crippen molar-refractivity contribution in [3.63, 3.8) is 0 Å². The summed E-state index contributed by atoms with van der Waals surface area (Å²) in [7, 11) is 0. The maximum atomic E-state index is 8.86. The molecule has 0 fully saturated rings. The summed E-state index contributed by atoms with van der Waals surface area (Å²) in [5.41, 5.74) is 8.38. The summed E-state index contributed by atoms with van der Waals surface area (Å²) in [6.45, 7) is 6.32. The Hall–Kier alpha value is -1.06. The Kier molecular flexibility index (Phi) is 6.01. The smallest absolute Gasteiger partial charge is 0.0447 e. The SMILES string of the molecule is CC[C@H](N)c1ccc(N(CC)CCCO)cc1. The maximum Gasteiger partial charge on any atom is 0.0447 e. The van der Waals surface area contributed by atoms with E-state index in [1.165, 1.54) is 11.3 Å². The van der Waals surface area contributed by atoms with Crippen molar-refractivity contribution in [3.05, 3.63) is 29.8 Å². The van der Waals surface area contributed by atoms with Gasteiger partial charge in [0.25, 0.3) is 0 Å². The molecule has 1 aromatic carbocycles. The molecule has 0 amide bonds. The molecule has 17 heavy (non-hydrogen) atoms. The largest absolute Gasteiger partial charge is 0.396 e. The van der Waals surface area contributed by atoms with Crippen molar-refractivity contribution in [1.82, 2.24) is 0 Å². The fourth-order valence-corrected chi connectivity index (χ4v) is 1.90. The molecule has 96 valence electrons. The number of hydrogen-bond donors (Lipinski definition) is 2. The van der Waals surface area contributed by atoms with Crippen LogP contribution in [0.25, 0.3) is 0 Å². The van der Waals surface area contributed by atoms with E-state index in [-0.39, 0.29) is 12.6 Å². The van der Waals surface area contributed by atoms with Crippen LogP contribution < -0.4 is 10.6 Å². The number of nitrogens with two attached hydrogens (primary N) is 1. The molecule has 0 unspecified atom stereocenters. The van der Waals surface area contributed by atoms with E-state index in [0.717, 1.165) is 25.9 Å². The van der Waals surface area contributed by atoms with Crippen molar-refractivity contribution in [2.75, 3.05) is 24.6 Å². The topological polar surface area (TPSA) is 49.5 Å². The highest BCUT2D eigenvalue weighted by Crippen LogP contribution is 2.19. The van der Waals surface area contributed by atoms with Gasteiger partial charge in [-0.1, -0.05) is 19.1 Å². The van der Waals surface area contributed by atoms with E-state index in [1.54, 1.807) is 0 Å². The van der Waals surface area contributed by atoms with Gasteiger partial charge >= 0.3 is 0 Å². The number of hydrogen-bond acceptors (Lipinski definition) is 3. The van der Waals surface area contributed by atoms with Crippen LogP contribution in [0.4, 0.5) is 5.69 Å². The Morgan fingerprint density at radius 2 is 1.88 bits per heavy atom. The van der Waals surface area contributed by atoms with Crippen molar-refractivity contribution in [1.29, 1.82) is 0 Å². The van der Waals surface area contributed by atoms with Crippen LogP contribution in [0.2, 0.25) is 0 Å². The Bertz CT molecular complexity index is 311. The van der Waals surface area contributed by atoms with Gasteiger partial charge in [0.1, 0.15) is 0 Å². The predicted molar refractivity (Wildman–Crippen MR) is 73.3 cm³/mol. The summed E-state index contributed by atoms with van der Waals surface area (Å²) >= 11 is 0. The van der Waals surface area contributed by atoms with Crippen LogP contribution in [0.15, 0.2) is 24.3 Å². The van der Waals surface area contributed by atoms with Gasteiger partial charge in [-0.3, -0.25) is 0 Å². The van der Waals surface area contributed by atoms with E-state index >= 15 is 0 Å². The van der Waals surface area contributed by atoms with Crippen LogP contribution in [0, 0.1) is 0 Å². The lowest BCUT2D eigenvalue weighted by Gasteiger charge is -2.23. The molecule has 0 radical (unpaired) electrons. The van der Waals surface area contributed by atoms with Crippen molar-refractivity contribution in [2.24, 2.45) is 5.73 Å². The van der Waals surface area contributed by atoms with Gasteiger partial charge in [-0.15, -0.1) is 0 Å². The molecule has 0 aliphatic rings. The third kappa shape index (κ3) is 4.02. The summed E-state index contributed by atoms with van der Waals surface area (Å²) < 4.78 is 0. The van der Waals surface area contributed by atoms with Gasteiger partial charge in [-0.25, -0.2) is 0 Å². The van der Waals surface area contributed by atoms with E-state index in [4.69, 9.17) is 10.8 Å². The Labute approximate surface area is 104 Å². The first kappa shape index (κ1) is 14.0. The third-order valence-electron chi connectivity index (χ3n) is 3.09. The van der Waals surface area contributed by atoms with Gasteiger partial charge in [0.15, 0.2) is 0 Å². The fraction of sp³-hybridized carbons (Fsp3) is 0.571. The zero-order valence-corrected chi connectivity index (χ0v) is 10.9. The van der Waals surface area contributed by atoms with Crippen molar-refractivity contribution >= 4 is 5.69 Å². The van der Waals surface area contributed by atoms with Gasteiger partial charge in [-0.2, -0.15) is 0 Å². The Balaban J connectivity index is 2.70. The molecule has 0 heterocycles. The molecule has 3 nitrogen and oxygen atoms in total. The normalized spacial score (nSPS) is 12.5. The molecule has 0 saturated heterocycles. The lowest BCUT2D eigenvalue weighted by Crippen LogP contribution is -2.24. The molecule has 1 rings (SSSR count). The Morgan fingerprint density at radius 3 is 2.35 bits per heavy atom. The van der Waals surface area contributed by atoms with Crippen LogP contribution in [-0.2, 0) is 0 Å². The second-order valence-electron chi connectivity index (χ2n) is 4.26. The summed E-state index contributed by atoms with van der Waals surface area (Å²) in [4.78, 5) is 2.26. The number of aliphatic hydroxyl groups is 1. The zero-order valence-electron chi connectivity index (χ0n) is 10.9. The van der Waals surface area contributed by atoms with Crippen molar-refractivity contribution in [2.45, 2.75) is 32.7 Å². The van der Waals surface area contributed by atoms with E-state index in [2.05, 4.69) is 43.0 Å². The number of aliphatic hydroxyl groups excluding tert-OH is 1. The van der Waals surface area contributed by atoms with Gasteiger partial charge < -0.3 is 15.7 Å². The van der Waals surface area contributed by atoms with Gasteiger partial charge in [0, 0.05) is 31.4 Å². The monoisotopic (exact) mass is 236 g/mol. The van der Waals surface area contributed by atoms with Crippen molar-refractivity contribution < 1.29 is 5.11 Å². The highest BCUT2D eigenvalue weighted by atomic mass is 16.3. The van der Waals surface area contributed by atoms with Crippen LogP contribution in [0.5, 0.6) is 0 Å². The lowest BCUT2D eigenvalue weighted by molar-refractivity contribution is 0.289. The molecular formula is C14H24N2O. The second kappa shape index (κ2) is 7.30. The average molecular weight is 236 g/mol. The van der Waals surface area contributed by atoms with Crippen LogP contribution >= 0.6 is 0 Å². The molecule has 1 atom stereocenters. The van der Waals surface area contributed by atoms with E-state index in [0.29, 0.717) is 0 Å². The minimum atomic E-state index is 0.136. The maximum absolute atomic E-state index is 8.86. The number of anilines is 1. The Morgan fingerprint density at radius 1 is 1.24 bits per heavy atom. The minimum absolute atomic E-state index is 0.136. The molecule has 0 aromatic heterocycles. The standard InChI is InChI=1S/C14H24N2O/c1-3-14(15)12-6-8-13(9-7-12)16(4-2)10-5-11-17/h6-9,14,17H,3-5,10-11,15H2,1-2H3/t14-/m0/s1. The zero-order chi connectivity index (χ0) is 12.7. The van der Waals surface area contributed by atoms with E-state index < -0.39 is 0 Å². The summed E-state index contributed by atoms with van der Waals surface area (Å²) in [6.07, 6.45) is 1.77. The highest BCUT2D eigenvalue weighted by Gasteiger charge is 2.06. The summed E-state index contributed by atoms with van der Waals surface area (Å²) in [6, 6.07) is 8.57. The van der Waals surface area contributed by atoms with Crippen LogP contribution in [0.3, 0.4) is 0 Å². The number of benzene rings is 1. The molecule has 0 saturated carbocycles. The van der Waals surface area contributed by atoms with Gasteiger partial charge in [0.05, 0.1) is 0 Å². The summed E-state index contributed by atoms with van der Waals surface area (Å²) in [5.74, 6) is 0. The first-order valence-corrected chi connectivity index (χ1v) is 6.44. The van der Waals surface area contributed by atoms with Crippen LogP contribution in [-0.4, -0.2) is 24.8 Å². The molecule has 0 aliphatic carbocycles. The minimum Gasteiger partial charge on any atom is -0.396 e. The van der Waals surface area contributed by atoms with E-state index in [9.17, 15) is 0 Å². The fourth-order valence-electron chi connectivity index (χ4n) is 1.90. The predicted octanol–water partition coefficient (Wildman–Crippen LogP) is 2.31. The molecule has 0 bridgehead atoms. The molecule has 0 aliphatic heterocycles. The first-order valence-electron chi connectivity index (χ1n) is 6.44. The number of rotatable bonds is 7. The van der Waals surface area contributed by atoms with Crippen LogP contribution in [0.1, 0.15) is 38.3 Å². The highest BCUT2D eigenvalue weighted by molar-refractivity contribution is 5.47. The summed E-state index contributed by atoms with van der Waals surface area (Å²) in [5, 5.41) is 8.86. The quantitative estimate of drug-likeness (QED) is 0.763. The molecule has 3 N–H and O–H groups in total. The van der Waals surface area contributed by atoms with Gasteiger partial charge in [0.2, 0.25) is 0 Å². The van der Waals surface area contributed by atoms with E-state index in [1.807, 2.05) is 0 Å². The lowest BCUT2D eigenvalue weighted by atomic mass is 10.1. The molecular weight excluding hydrogens is 212 g/mol. The number of nitrogens with zero attached hydrogens (tertiary/aromatic N) is 1. The first-order chi connectivity index (χ1) is 8.22. The molecule has 1 aromatic rings. The molecule has 3 heteroatoms. The second-order valence-corrected chi connectivity index (χ2v) is 4.26. The molecule has 0 spiro atoms. The third-order valence-corrected chi connectivity index (χ3v) is 3.09. The van der Waals surface area contributed by atoms with Crippen molar-refractivity contribution in [3.8, 4) is 0 Å². The van der Waals surface area contributed by atoms with Gasteiger partial charge in [-0.05, 0) is 37.5 Å². The average Bonchev–Trinajstić information content (AvgIpc) is 2.39.